The summed E-state index contributed by atoms with van der Waals surface area (Å²) in [6.07, 6.45) is 30.7. The average Bonchev–Trinajstić information content (AvgIpc) is 4.41. The van der Waals surface area contributed by atoms with Crippen LogP contribution in [0, 0.1) is 5.92 Å². The number of hydrogen-bond acceptors (Lipinski definition) is 25. The fourth-order valence-corrected chi connectivity index (χ4v) is 3.99. The fraction of sp³-hybridized carbons (Fsp3) is 0.111. The van der Waals surface area contributed by atoms with Gasteiger partial charge in [-0.3, -0.25) is 54.9 Å². The summed E-state index contributed by atoms with van der Waals surface area (Å²) in [6, 6.07) is 12.5. The Labute approximate surface area is 488 Å². The van der Waals surface area contributed by atoms with Gasteiger partial charge in [0.05, 0.1) is 25.3 Å². The van der Waals surface area contributed by atoms with E-state index in [9.17, 15) is 56.3 Å². The van der Waals surface area contributed by atoms with E-state index >= 15 is 0 Å². The zero-order valence-corrected chi connectivity index (χ0v) is 45.3. The van der Waals surface area contributed by atoms with Crippen molar-refractivity contribution in [1.29, 1.82) is 0 Å². The molecule has 466 valence electrons. The second-order valence-corrected chi connectivity index (χ2v) is 14.1. The van der Waals surface area contributed by atoms with Gasteiger partial charge in [0.15, 0.2) is 18.4 Å². The number of aromatic amines is 12. The minimum Gasteiger partial charge on any atom is -0.439 e. The smallest absolute Gasteiger partial charge is 0.439 e. The van der Waals surface area contributed by atoms with Gasteiger partial charge in [0.25, 0.3) is 17.0 Å². The van der Waals surface area contributed by atoms with Gasteiger partial charge in [-0.15, -0.1) is 15.3 Å². The zero-order valence-electron chi connectivity index (χ0n) is 45.3. The molecule has 43 heteroatoms. The van der Waals surface area contributed by atoms with Crippen LogP contribution in [0.2, 0.25) is 0 Å². The average molecular weight is 1230 g/mol. The van der Waals surface area contributed by atoms with Crippen molar-refractivity contribution in [2.45, 2.75) is 13.1 Å². The molecule has 0 unspecified atom stereocenters. The Balaban J connectivity index is 0.000000475. The number of imide groups is 2. The first-order valence-corrected chi connectivity index (χ1v) is 23.7. The highest BCUT2D eigenvalue weighted by Crippen LogP contribution is 2.24. The molecule has 0 aromatic carbocycles. The number of carbonyl (C=O) groups excluding carboxylic acids is 4. The predicted molar refractivity (Wildman–Crippen MR) is 295 cm³/mol. The fourth-order valence-electron chi connectivity index (χ4n) is 3.99. The number of amides is 5. The predicted octanol–water partition coefficient (Wildman–Crippen LogP) is -0.631. The van der Waals surface area contributed by atoms with E-state index in [-0.39, 0.29) is 41.5 Å². The monoisotopic (exact) mass is 1230 g/mol. The van der Waals surface area contributed by atoms with E-state index in [1.165, 1.54) is 55.6 Å². The van der Waals surface area contributed by atoms with Crippen molar-refractivity contribution >= 4 is 23.9 Å². The number of carbonyl (C=O) groups is 4. The van der Waals surface area contributed by atoms with Crippen LogP contribution in [0.25, 0.3) is 0 Å². The van der Waals surface area contributed by atoms with E-state index in [2.05, 4.69) is 151 Å². The molecule has 2 fully saturated rings. The molecule has 11 aromatic heterocycles. The lowest BCUT2D eigenvalue weighted by Crippen LogP contribution is -2.22. The molecule has 0 spiro atoms. The van der Waals surface area contributed by atoms with Crippen LogP contribution < -0.4 is 49.3 Å². The van der Waals surface area contributed by atoms with Crippen molar-refractivity contribution in [3.05, 3.63) is 243 Å². The number of alkyl carbamates (subject to hydrolysis) is 1. The van der Waals surface area contributed by atoms with Crippen molar-refractivity contribution < 1.29 is 41.5 Å². The number of dihydropyridines is 1. The number of ether oxygens (including phenoxy) is 1. The molecule has 11 aromatic rings. The molecule has 0 saturated carbocycles. The van der Waals surface area contributed by atoms with Crippen LogP contribution >= 0.6 is 0 Å². The molecule has 14 rings (SSSR count). The number of nitrogens with one attached hydrogen (secondary N) is 16. The van der Waals surface area contributed by atoms with Crippen LogP contribution in [-0.4, -0.2) is 164 Å². The van der Waals surface area contributed by atoms with Crippen molar-refractivity contribution in [1.82, 2.24) is 148 Å². The van der Waals surface area contributed by atoms with Crippen molar-refractivity contribution in [2.24, 2.45) is 5.92 Å². The molecule has 14 heterocycles. The lowest BCUT2D eigenvalue weighted by molar-refractivity contribution is -0.144. The molecule has 3 aliphatic rings. The van der Waals surface area contributed by atoms with Gasteiger partial charge in [-0.25, -0.2) is 44.3 Å². The van der Waals surface area contributed by atoms with Crippen LogP contribution in [0.15, 0.2) is 214 Å². The highest BCUT2D eigenvalue weighted by Gasteiger charge is 2.34. The first-order chi connectivity index (χ1) is 42.5. The number of pyridine rings is 1. The van der Waals surface area contributed by atoms with E-state index in [1.807, 2.05) is 63.7 Å². The molecule has 0 aliphatic carbocycles. The number of allylic oxidation sites excluding steroid dienone is 2. The Kier molecular flexibility index (Phi) is 40.8. The summed E-state index contributed by atoms with van der Waals surface area (Å²) in [5.41, 5.74) is -0.979. The third-order valence-electron chi connectivity index (χ3n) is 7.48. The zero-order chi connectivity index (χ0) is 64.4. The largest absolute Gasteiger partial charge is 0.451 e. The second-order valence-electron chi connectivity index (χ2n) is 14.1. The van der Waals surface area contributed by atoms with Crippen LogP contribution in [0.1, 0.15) is 12.7 Å². The number of H-pyrrole nitrogens is 12. The molecule has 0 atom stereocenters. The summed E-state index contributed by atoms with van der Waals surface area (Å²) in [5.74, 6) is -1.60. The summed E-state index contributed by atoms with van der Waals surface area (Å²) in [5, 5.41) is 58.5. The van der Waals surface area contributed by atoms with Crippen molar-refractivity contribution in [2.75, 3.05) is 13.2 Å². The van der Waals surface area contributed by atoms with E-state index in [0.717, 1.165) is 12.7 Å². The SMILES string of the molecule is CC1C=CNC=C1.FC(F)(F)c1ncn[nH]1.O=C1CNC(=O)N1.O=C1COC(=O)N1.O=c1[nH]nco1.O=c1cc[nH]c(=O)[nH]1.O=c1cc[nH]cc1.O=c1cccn[nH]1.c1c[nH]cn1.c1cc[nH]c1.c1cn[nH]c1.c1cn[nH]n1.c1nc[nH]n1.c1nn[nH]n1. The Morgan fingerprint density at radius 3 is 1.55 bits per heavy atom. The third-order valence-corrected chi connectivity index (χ3v) is 7.48. The quantitative estimate of drug-likeness (QED) is 0.0841. The number of rotatable bonds is 0. The van der Waals surface area contributed by atoms with Gasteiger partial charge in [0.2, 0.25) is 18.1 Å². The Hall–Kier alpha value is -13.4. The standard InChI is InChI=1S/C6H9N.C5H5NO.C4H4N2O2.C4H4N2O.C4H5N.C3H2F3N3.C3H4N2O2.2C3H4N2.C3H3NO3.2C2H3N3.C2H2N2O2.CH2N4/c1-6-2-4-7-5-3-6;7-5-1-3-6-4-2-5;7-3-1-2-5-4(8)6-3;7-4-2-1-3-5-6-4;1-2-4-5-3-1;4-3(5,6)2-7-1-8-9-2;6-2-1-4-3(7)5-2;1-2-5-3-4-1;1-2-4-5-3-1;5-2-1-7-3(6)4-2;1-3-2-5-4-1;1-2-4-5-3-1;5-2-4-3-1-6-2;1-2-4-5-3-1/h2-7H,1H3;1-4H,(H,6,7);1-2H,(H2,5,6,7,8);1-3H,(H,6,7);1-5H;1H,(H,7,8,9);1H2,(H2,4,5,6,7);2*1-3H,(H,4,5);1H2,(H,4,5,6);2*1-2H,(H,3,4,5);1H,(H,4,5);1H,(H,2,3,4,5). The number of hydrogen-bond donors (Lipinski definition) is 16. The number of cyclic esters (lactones) is 1. The van der Waals surface area contributed by atoms with Gasteiger partial charge in [-0.2, -0.15) is 54.2 Å². The number of alkyl halides is 3. The number of halogens is 3. The molecule has 2 saturated heterocycles. The first-order valence-electron chi connectivity index (χ1n) is 23.7. The highest BCUT2D eigenvalue weighted by atomic mass is 19.4. The highest BCUT2D eigenvalue weighted by molar-refractivity contribution is 6.01. The maximum Gasteiger partial charge on any atom is 0.451 e. The van der Waals surface area contributed by atoms with Gasteiger partial charge in [-0.05, 0) is 42.6 Å². The lowest BCUT2D eigenvalue weighted by Gasteiger charge is -2.02. The van der Waals surface area contributed by atoms with E-state index in [0.29, 0.717) is 5.92 Å². The molecular weight excluding hydrogens is 1180 g/mol. The van der Waals surface area contributed by atoms with Gasteiger partial charge < -0.3 is 39.7 Å². The molecule has 3 aliphatic heterocycles. The van der Waals surface area contributed by atoms with E-state index in [1.54, 1.807) is 67.1 Å². The lowest BCUT2D eigenvalue weighted by atomic mass is 10.1. The molecule has 40 nitrogen and oxygen atoms in total. The first kappa shape index (κ1) is 72.6. The van der Waals surface area contributed by atoms with Gasteiger partial charge in [-0.1, -0.05) is 24.3 Å². The Morgan fingerprint density at radius 2 is 1.32 bits per heavy atom. The number of nitrogens with zero attached hydrogens (tertiary/aromatic N) is 13. The van der Waals surface area contributed by atoms with Crippen LogP contribution in [0.3, 0.4) is 0 Å². The van der Waals surface area contributed by atoms with Crippen LogP contribution in [-0.2, 0) is 20.5 Å². The topological polar surface area (TPSA) is 581 Å². The molecule has 0 bridgehead atoms. The summed E-state index contributed by atoms with van der Waals surface area (Å²) in [6.45, 7) is 2.14. The molecule has 88 heavy (non-hydrogen) atoms. The van der Waals surface area contributed by atoms with E-state index < -0.39 is 35.6 Å². The molecule has 5 amide bonds. The maximum absolute atomic E-state index is 11.5. The van der Waals surface area contributed by atoms with Gasteiger partial charge >= 0.3 is 29.7 Å². The summed E-state index contributed by atoms with van der Waals surface area (Å²) >= 11 is 0. The Bertz CT molecular complexity index is 3140. The van der Waals surface area contributed by atoms with Crippen molar-refractivity contribution in [3.8, 4) is 0 Å². The van der Waals surface area contributed by atoms with Crippen molar-refractivity contribution in [3.63, 3.8) is 0 Å². The molecule has 16 N–H and O–H groups in total. The minimum absolute atomic E-state index is 0.0405. The van der Waals surface area contributed by atoms with Gasteiger partial charge in [0.1, 0.15) is 19.0 Å². The summed E-state index contributed by atoms with van der Waals surface area (Å²) < 4.78 is 42.7. The normalized spacial score (nSPS) is 11.3. The van der Waals surface area contributed by atoms with Gasteiger partial charge in [0, 0.05) is 86.2 Å². The number of tetrazole rings is 1. The second kappa shape index (κ2) is 49.4. The summed E-state index contributed by atoms with van der Waals surface area (Å²) in [7, 11) is 0. The Morgan fingerprint density at radius 1 is 0.580 bits per heavy atom. The number of urea groups is 1. The van der Waals surface area contributed by atoms with Crippen LogP contribution in [0.5, 0.6) is 0 Å². The number of imidazole rings is 1. The molecular formula is C45H54F3N29O11. The molecule has 0 radical (unpaired) electrons. The third kappa shape index (κ3) is 47.4. The number of aromatic nitrogens is 25. The summed E-state index contributed by atoms with van der Waals surface area (Å²) in [4.78, 5) is 113. The minimum atomic E-state index is -4.41. The maximum atomic E-state index is 11.5. The van der Waals surface area contributed by atoms with E-state index in [4.69, 9.17) is 0 Å². The van der Waals surface area contributed by atoms with Crippen LogP contribution in [0.4, 0.5) is 22.8 Å².